The molecule has 0 radical (unpaired) electrons. The molecule has 0 aliphatic heterocycles. The third-order valence-corrected chi connectivity index (χ3v) is 3.30. The fourth-order valence-electron chi connectivity index (χ4n) is 1.63. The Morgan fingerprint density at radius 2 is 2.17 bits per heavy atom. The highest BCUT2D eigenvalue weighted by Gasteiger charge is 2.12. The second-order valence-corrected chi connectivity index (χ2v) is 5.73. The van der Waals surface area contributed by atoms with Gasteiger partial charge in [-0.15, -0.1) is 0 Å². The summed E-state index contributed by atoms with van der Waals surface area (Å²) >= 11 is 0. The predicted octanol–water partition coefficient (Wildman–Crippen LogP) is 0.929. The first kappa shape index (κ1) is 14.6. The van der Waals surface area contributed by atoms with Crippen molar-refractivity contribution >= 4 is 22.5 Å². The molecule has 2 N–H and O–H groups in total. The minimum absolute atomic E-state index is 0.116. The summed E-state index contributed by atoms with van der Waals surface area (Å²) in [5.74, 6) is 0.941. The number of amides is 1. The second-order valence-electron chi connectivity index (χ2n) is 4.25. The summed E-state index contributed by atoms with van der Waals surface area (Å²) in [6.07, 6.45) is 1.62. The number of rotatable bonds is 5. The number of aromatic nitrogens is 1. The van der Waals surface area contributed by atoms with Crippen LogP contribution in [0.15, 0.2) is 12.1 Å². The SMILES string of the molecule is CNc1cc(C(=O)NC(C)CS(C)=O)cc(C)n1. The van der Waals surface area contributed by atoms with Crippen LogP contribution >= 0.6 is 0 Å². The van der Waals surface area contributed by atoms with Gasteiger partial charge in [0.15, 0.2) is 0 Å². The number of carbonyl (C=O) groups is 1. The summed E-state index contributed by atoms with van der Waals surface area (Å²) in [4.78, 5) is 16.2. The zero-order chi connectivity index (χ0) is 13.7. The Kier molecular flexibility index (Phi) is 5.27. The zero-order valence-electron chi connectivity index (χ0n) is 11.1. The van der Waals surface area contributed by atoms with Crippen LogP contribution in [0.2, 0.25) is 0 Å². The van der Waals surface area contributed by atoms with E-state index in [9.17, 15) is 9.00 Å². The van der Waals surface area contributed by atoms with Crippen molar-refractivity contribution in [3.63, 3.8) is 0 Å². The molecule has 100 valence electrons. The van der Waals surface area contributed by atoms with Crippen molar-refractivity contribution in [1.29, 1.82) is 0 Å². The quantitative estimate of drug-likeness (QED) is 0.834. The Labute approximate surface area is 110 Å². The zero-order valence-corrected chi connectivity index (χ0v) is 11.9. The van der Waals surface area contributed by atoms with Crippen LogP contribution < -0.4 is 10.6 Å². The standard InChI is InChI=1S/C12H19N3O2S/c1-8-5-10(6-11(13-3)14-8)12(16)15-9(2)7-18(4)17/h5-6,9H,7H2,1-4H3,(H,13,14)(H,15,16). The van der Waals surface area contributed by atoms with E-state index in [0.717, 1.165) is 5.69 Å². The lowest BCUT2D eigenvalue weighted by Crippen LogP contribution is -2.36. The van der Waals surface area contributed by atoms with E-state index in [1.165, 1.54) is 0 Å². The number of carbonyl (C=O) groups excluding carboxylic acids is 1. The molecule has 1 amide bonds. The minimum Gasteiger partial charge on any atom is -0.373 e. The highest BCUT2D eigenvalue weighted by molar-refractivity contribution is 7.84. The number of anilines is 1. The first-order chi connectivity index (χ1) is 8.42. The summed E-state index contributed by atoms with van der Waals surface area (Å²) in [7, 11) is 0.838. The highest BCUT2D eigenvalue weighted by Crippen LogP contribution is 2.09. The van der Waals surface area contributed by atoms with Gasteiger partial charge in [-0.05, 0) is 26.0 Å². The molecule has 0 bridgehead atoms. The van der Waals surface area contributed by atoms with Crippen LogP contribution in [0.3, 0.4) is 0 Å². The van der Waals surface area contributed by atoms with Crippen LogP contribution in [0.4, 0.5) is 5.82 Å². The molecule has 0 aromatic carbocycles. The lowest BCUT2D eigenvalue weighted by atomic mass is 10.2. The van der Waals surface area contributed by atoms with Crippen molar-refractivity contribution in [2.75, 3.05) is 24.4 Å². The number of aryl methyl sites for hydroxylation is 1. The van der Waals surface area contributed by atoms with E-state index in [0.29, 0.717) is 17.1 Å². The Hall–Kier alpha value is -1.43. The monoisotopic (exact) mass is 269 g/mol. The number of nitrogens with one attached hydrogen (secondary N) is 2. The van der Waals surface area contributed by atoms with Crippen molar-refractivity contribution in [2.24, 2.45) is 0 Å². The van der Waals surface area contributed by atoms with E-state index in [1.807, 2.05) is 13.8 Å². The summed E-state index contributed by atoms with van der Waals surface area (Å²) < 4.78 is 11.1. The predicted molar refractivity (Wildman–Crippen MR) is 74.4 cm³/mol. The molecule has 0 spiro atoms. The van der Waals surface area contributed by atoms with Crippen molar-refractivity contribution in [2.45, 2.75) is 19.9 Å². The maximum absolute atomic E-state index is 12.0. The van der Waals surface area contributed by atoms with Crippen LogP contribution in [-0.4, -0.2) is 40.2 Å². The summed E-state index contributed by atoms with van der Waals surface area (Å²) in [6, 6.07) is 3.30. The molecule has 0 fully saturated rings. The van der Waals surface area contributed by atoms with Crippen molar-refractivity contribution in [1.82, 2.24) is 10.3 Å². The first-order valence-electron chi connectivity index (χ1n) is 5.69. The van der Waals surface area contributed by atoms with Crippen LogP contribution in [0.25, 0.3) is 0 Å². The van der Waals surface area contributed by atoms with E-state index < -0.39 is 10.8 Å². The summed E-state index contributed by atoms with van der Waals surface area (Å²) in [6.45, 7) is 3.68. The number of hydrogen-bond donors (Lipinski definition) is 2. The third kappa shape index (κ3) is 4.44. The molecule has 0 saturated carbocycles. The molecule has 0 saturated heterocycles. The third-order valence-electron chi connectivity index (χ3n) is 2.33. The van der Waals surface area contributed by atoms with Gasteiger partial charge in [-0.2, -0.15) is 0 Å². The van der Waals surface area contributed by atoms with Gasteiger partial charge in [-0.3, -0.25) is 9.00 Å². The van der Waals surface area contributed by atoms with E-state index in [4.69, 9.17) is 0 Å². The van der Waals surface area contributed by atoms with Crippen LogP contribution in [0.1, 0.15) is 23.0 Å². The van der Waals surface area contributed by atoms with Gasteiger partial charge in [0.2, 0.25) is 0 Å². The molecule has 5 nitrogen and oxygen atoms in total. The minimum atomic E-state index is -0.918. The Morgan fingerprint density at radius 1 is 1.50 bits per heavy atom. The summed E-state index contributed by atoms with van der Waals surface area (Å²) in [5.41, 5.74) is 1.33. The maximum Gasteiger partial charge on any atom is 0.251 e. The molecule has 1 aromatic heterocycles. The molecule has 1 heterocycles. The Bertz CT molecular complexity index is 463. The molecule has 18 heavy (non-hydrogen) atoms. The Balaban J connectivity index is 2.77. The van der Waals surface area contributed by atoms with Crippen LogP contribution in [0.5, 0.6) is 0 Å². The van der Waals surface area contributed by atoms with Crippen LogP contribution in [-0.2, 0) is 10.8 Å². The molecular weight excluding hydrogens is 250 g/mol. The van der Waals surface area contributed by atoms with Gasteiger partial charge >= 0.3 is 0 Å². The number of hydrogen-bond acceptors (Lipinski definition) is 4. The Morgan fingerprint density at radius 3 is 2.72 bits per heavy atom. The molecule has 1 aromatic rings. The smallest absolute Gasteiger partial charge is 0.251 e. The van der Waals surface area contributed by atoms with Gasteiger partial charge in [-0.1, -0.05) is 0 Å². The van der Waals surface area contributed by atoms with Gasteiger partial charge in [0.25, 0.3) is 5.91 Å². The van der Waals surface area contributed by atoms with Crippen molar-refractivity contribution in [3.05, 3.63) is 23.4 Å². The second kappa shape index (κ2) is 6.49. The molecular formula is C12H19N3O2S. The molecule has 0 aliphatic rings. The van der Waals surface area contributed by atoms with Gasteiger partial charge in [-0.25, -0.2) is 4.98 Å². The molecule has 6 heteroatoms. The topological polar surface area (TPSA) is 71.1 Å². The molecule has 2 atom stereocenters. The highest BCUT2D eigenvalue weighted by atomic mass is 32.2. The van der Waals surface area contributed by atoms with Crippen molar-refractivity contribution in [3.8, 4) is 0 Å². The van der Waals surface area contributed by atoms with Gasteiger partial charge in [0.1, 0.15) is 5.82 Å². The molecule has 0 aliphatic carbocycles. The largest absolute Gasteiger partial charge is 0.373 e. The maximum atomic E-state index is 12.0. The van der Waals surface area contributed by atoms with E-state index in [-0.39, 0.29) is 11.9 Å². The van der Waals surface area contributed by atoms with E-state index in [2.05, 4.69) is 15.6 Å². The van der Waals surface area contributed by atoms with E-state index >= 15 is 0 Å². The van der Waals surface area contributed by atoms with Gasteiger partial charge in [0.05, 0.1) is 0 Å². The lowest BCUT2D eigenvalue weighted by Gasteiger charge is -2.13. The molecule has 2 unspecified atom stereocenters. The average Bonchev–Trinajstić information content (AvgIpc) is 2.26. The average molecular weight is 269 g/mol. The van der Waals surface area contributed by atoms with E-state index in [1.54, 1.807) is 25.4 Å². The number of pyridine rings is 1. The van der Waals surface area contributed by atoms with Crippen molar-refractivity contribution < 1.29 is 9.00 Å². The normalized spacial score (nSPS) is 13.8. The number of nitrogens with zero attached hydrogens (tertiary/aromatic N) is 1. The molecule has 1 rings (SSSR count). The fraction of sp³-hybridized carbons (Fsp3) is 0.500. The van der Waals surface area contributed by atoms with Gasteiger partial charge in [0, 0.05) is 47.2 Å². The first-order valence-corrected chi connectivity index (χ1v) is 7.42. The van der Waals surface area contributed by atoms with Gasteiger partial charge < -0.3 is 10.6 Å². The fourth-order valence-corrected chi connectivity index (χ4v) is 2.42. The van der Waals surface area contributed by atoms with Crippen LogP contribution in [0, 0.1) is 6.92 Å². The lowest BCUT2D eigenvalue weighted by molar-refractivity contribution is 0.0943. The summed E-state index contributed by atoms with van der Waals surface area (Å²) in [5, 5.41) is 5.73.